The highest BCUT2D eigenvalue weighted by atomic mass is 19.1. The lowest BCUT2D eigenvalue weighted by atomic mass is 9.81. The zero-order valence-electron chi connectivity index (χ0n) is 46.3. The maximum Gasteiger partial charge on any atom is 0.257 e. The van der Waals surface area contributed by atoms with Gasteiger partial charge in [0.05, 0.1) is 155 Å². The van der Waals surface area contributed by atoms with Gasteiger partial charge in [-0.3, -0.25) is 19.2 Å². The third-order valence-electron chi connectivity index (χ3n) is 13.6. The molecule has 3 amide bonds. The van der Waals surface area contributed by atoms with E-state index in [1.54, 1.807) is 11.5 Å². The van der Waals surface area contributed by atoms with Gasteiger partial charge >= 0.3 is 0 Å². The number of aromatic nitrogens is 2. The van der Waals surface area contributed by atoms with Gasteiger partial charge in [-0.1, -0.05) is 44.2 Å². The van der Waals surface area contributed by atoms with Crippen LogP contribution in [-0.2, 0) is 92.5 Å². The largest absolute Gasteiger partial charge is 0.380 e. The molecule has 2 aromatic heterocycles. The summed E-state index contributed by atoms with van der Waals surface area (Å²) in [6, 6.07) is 10.8. The quantitative estimate of drug-likeness (QED) is 0.0359. The molecule has 3 atom stereocenters. The van der Waals surface area contributed by atoms with Gasteiger partial charge in [0.1, 0.15) is 18.1 Å². The third-order valence-corrected chi connectivity index (χ3v) is 13.6. The van der Waals surface area contributed by atoms with Crippen LogP contribution in [0.15, 0.2) is 47.3 Å². The third kappa shape index (κ3) is 19.0. The highest BCUT2D eigenvalue weighted by Crippen LogP contribution is 2.45. The lowest BCUT2D eigenvalue weighted by molar-refractivity contribution is -0.130. The first-order chi connectivity index (χ1) is 38.6. The first-order valence-corrected chi connectivity index (χ1v) is 27.6. The van der Waals surface area contributed by atoms with Crippen molar-refractivity contribution in [3.63, 3.8) is 0 Å². The zero-order chi connectivity index (χ0) is 56.2. The summed E-state index contributed by atoms with van der Waals surface area (Å²) >= 11 is 0. The minimum atomic E-state index is -0.997. The molecule has 3 heterocycles. The van der Waals surface area contributed by atoms with Crippen molar-refractivity contribution in [2.75, 3.05) is 133 Å². The van der Waals surface area contributed by atoms with Crippen molar-refractivity contribution in [1.82, 2.24) is 25.5 Å². The van der Waals surface area contributed by atoms with E-state index in [4.69, 9.17) is 52.4 Å². The molecule has 0 saturated carbocycles. The predicted octanol–water partition coefficient (Wildman–Crippen LogP) is 4.61. The maximum absolute atomic E-state index is 15.5. The molecule has 2 aromatic carbocycles. The Hall–Kier alpha value is -5.59. The van der Waals surface area contributed by atoms with Gasteiger partial charge < -0.3 is 72.7 Å². The Morgan fingerprint density at radius 3 is 1.85 bits per heavy atom. The number of pyridine rings is 2. The van der Waals surface area contributed by atoms with Crippen molar-refractivity contribution < 1.29 is 70.9 Å². The van der Waals surface area contributed by atoms with Crippen molar-refractivity contribution in [3.05, 3.63) is 97.6 Å². The van der Waals surface area contributed by atoms with Crippen LogP contribution >= 0.6 is 0 Å². The number of nitrogens with one attached hydrogen (secondary N) is 3. The second-order valence-electron chi connectivity index (χ2n) is 19.1. The van der Waals surface area contributed by atoms with E-state index in [0.29, 0.717) is 158 Å². The van der Waals surface area contributed by atoms with E-state index in [-0.39, 0.29) is 44.8 Å². The average molecular weight is 1110 g/mol. The number of amides is 3. The molecule has 1 aliphatic carbocycles. The molecule has 1 aliphatic heterocycles. The molecule has 0 bridgehead atoms. The number of aldehydes is 1. The van der Waals surface area contributed by atoms with Gasteiger partial charge in [-0.05, 0) is 66.5 Å². The minimum Gasteiger partial charge on any atom is -0.380 e. The number of hydrogen-bond donors (Lipinski definition) is 3. The summed E-state index contributed by atoms with van der Waals surface area (Å²) in [5, 5.41) is 9.36. The van der Waals surface area contributed by atoms with Gasteiger partial charge in [-0.2, -0.15) is 0 Å². The Balaban J connectivity index is 0.884. The van der Waals surface area contributed by atoms with Crippen LogP contribution in [0.5, 0.6) is 0 Å². The summed E-state index contributed by atoms with van der Waals surface area (Å²) in [5.41, 5.74) is 5.52. The zero-order valence-corrected chi connectivity index (χ0v) is 46.3. The van der Waals surface area contributed by atoms with E-state index in [1.165, 1.54) is 13.2 Å². The van der Waals surface area contributed by atoms with Crippen molar-refractivity contribution in [2.45, 2.75) is 90.4 Å². The van der Waals surface area contributed by atoms with Gasteiger partial charge in [0.2, 0.25) is 17.7 Å². The highest BCUT2D eigenvalue weighted by Gasteiger charge is 2.36. The summed E-state index contributed by atoms with van der Waals surface area (Å²) in [5.74, 6) is -2.39. The molecule has 0 spiro atoms. The molecule has 2 aliphatic rings. The normalized spacial score (nSPS) is 14.2. The first-order valence-electron chi connectivity index (χ1n) is 27.6. The number of methoxy groups -OCH3 is 1. The number of nitrogens with zero attached hydrogens (tertiary/aromatic N) is 2. The van der Waals surface area contributed by atoms with E-state index in [9.17, 15) is 24.0 Å². The van der Waals surface area contributed by atoms with Crippen LogP contribution in [-0.4, -0.2) is 172 Å². The second kappa shape index (κ2) is 34.5. The average Bonchev–Trinajstić information content (AvgIpc) is 3.85. The Bertz CT molecular complexity index is 2620. The summed E-state index contributed by atoms with van der Waals surface area (Å²) in [7, 11) is 1.49. The van der Waals surface area contributed by atoms with E-state index in [0.717, 1.165) is 41.4 Å². The summed E-state index contributed by atoms with van der Waals surface area (Å²) < 4.78 is 72.0. The van der Waals surface area contributed by atoms with Crippen LogP contribution in [0.25, 0.3) is 22.3 Å². The van der Waals surface area contributed by atoms with Crippen LogP contribution < -0.4 is 21.5 Å². The molecule has 434 valence electrons. The number of halogens is 1. The Morgan fingerprint density at radius 2 is 1.32 bits per heavy atom. The second-order valence-corrected chi connectivity index (χ2v) is 19.1. The maximum atomic E-state index is 15.5. The van der Waals surface area contributed by atoms with Crippen LogP contribution in [0.3, 0.4) is 0 Å². The number of carbonyl (C=O) groups is 4. The lowest BCUT2D eigenvalue weighted by Gasteiger charge is -2.30. The fourth-order valence-electron chi connectivity index (χ4n) is 9.55. The van der Waals surface area contributed by atoms with Gasteiger partial charge in [-0.15, -0.1) is 0 Å². The molecule has 79 heavy (non-hydrogen) atoms. The van der Waals surface area contributed by atoms with Gasteiger partial charge in [0.15, 0.2) is 0 Å². The van der Waals surface area contributed by atoms with Gasteiger partial charge in [-0.25, -0.2) is 9.37 Å². The number of ether oxygens (including phenoxy) is 10. The molecule has 3 unspecified atom stereocenters. The van der Waals surface area contributed by atoms with Crippen molar-refractivity contribution in [2.24, 2.45) is 0 Å². The SMILES string of the molecule is CCCOCCOCCOCCOCCOCCOCCOCCOCCOCCC(=O)NC(Cc1ccccc1)C(=O)NCC(=O)NC1CCc2c(C)c(F)cc3nc4c(c1c23)Cn1c-4cc(C(C=O)CC)c(COC)c1=O. The fraction of sp³-hybridized carbons (Fsp3) is 0.586. The summed E-state index contributed by atoms with van der Waals surface area (Å²) in [6.45, 7) is 13.4. The molecule has 4 aromatic rings. The summed E-state index contributed by atoms with van der Waals surface area (Å²) in [4.78, 5) is 72.1. The Kier molecular flexibility index (Phi) is 27.4. The number of aryl methyl sites for hydroxylation is 1. The smallest absolute Gasteiger partial charge is 0.257 e. The Morgan fingerprint density at radius 1 is 0.759 bits per heavy atom. The molecular formula is C58H80FN5O15. The fourth-order valence-corrected chi connectivity index (χ4v) is 9.55. The standard InChI is InChI=1S/C58H80FN5O15/c1-5-15-71-17-19-73-21-23-75-25-27-77-29-31-79-32-30-78-28-26-76-24-22-74-20-18-72-16-14-52(66)62-50(33-41-10-8-7-9-11-41)57(68)60-36-53(67)61-48-13-12-43-40(3)47(59)35-49-54(43)55(48)45-37-64-51(56(45)63-49)34-44(42(6-2)38-65)46(39-70-4)58(64)69/h7-11,34-35,38,42,48,50H,5-6,12-33,36-37,39H2,1-4H3,(H,60,68)(H,61,67)(H,62,66). The number of rotatable bonds is 41. The highest BCUT2D eigenvalue weighted by molar-refractivity contribution is 5.94. The molecule has 6 rings (SSSR count). The van der Waals surface area contributed by atoms with Crippen molar-refractivity contribution >= 4 is 34.9 Å². The van der Waals surface area contributed by atoms with Crippen LogP contribution in [0.1, 0.15) is 90.4 Å². The lowest BCUT2D eigenvalue weighted by Crippen LogP contribution is -2.50. The molecular weight excluding hydrogens is 1030 g/mol. The molecule has 0 fully saturated rings. The predicted molar refractivity (Wildman–Crippen MR) is 292 cm³/mol. The number of fused-ring (bicyclic) bond motifs is 4. The van der Waals surface area contributed by atoms with E-state index in [2.05, 4.69) is 22.9 Å². The first kappa shape index (κ1) is 62.6. The Labute approximate surface area is 461 Å². The molecule has 21 heteroatoms. The van der Waals surface area contributed by atoms with Gasteiger partial charge in [0, 0.05) is 55.1 Å². The van der Waals surface area contributed by atoms with E-state index in [1.807, 2.05) is 43.3 Å². The number of carbonyl (C=O) groups excluding carboxylic acids is 4. The van der Waals surface area contributed by atoms with E-state index < -0.39 is 48.1 Å². The van der Waals surface area contributed by atoms with Gasteiger partial charge in [0.25, 0.3) is 5.56 Å². The number of benzene rings is 2. The van der Waals surface area contributed by atoms with E-state index >= 15 is 4.39 Å². The molecule has 3 N–H and O–H groups in total. The molecule has 20 nitrogen and oxygen atoms in total. The van der Waals surface area contributed by atoms with Crippen LogP contribution in [0, 0.1) is 12.7 Å². The molecule has 0 saturated heterocycles. The van der Waals surface area contributed by atoms with Crippen molar-refractivity contribution in [1.29, 1.82) is 0 Å². The van der Waals surface area contributed by atoms with Crippen LogP contribution in [0.2, 0.25) is 0 Å². The monoisotopic (exact) mass is 1110 g/mol. The molecule has 0 radical (unpaired) electrons. The van der Waals surface area contributed by atoms with Crippen LogP contribution in [0.4, 0.5) is 4.39 Å². The topological polar surface area (TPSA) is 232 Å². The minimum absolute atomic E-state index is 0.0107. The number of hydrogen-bond acceptors (Lipinski definition) is 16. The van der Waals surface area contributed by atoms with Crippen molar-refractivity contribution in [3.8, 4) is 11.4 Å². The summed E-state index contributed by atoms with van der Waals surface area (Å²) in [6.07, 6.45) is 3.33.